The van der Waals surface area contributed by atoms with Gasteiger partial charge in [0.15, 0.2) is 0 Å². The molecule has 5 heteroatoms. The van der Waals surface area contributed by atoms with E-state index in [2.05, 4.69) is 12.2 Å². The van der Waals surface area contributed by atoms with Gasteiger partial charge in [0.25, 0.3) is 0 Å². The summed E-state index contributed by atoms with van der Waals surface area (Å²) in [5.41, 5.74) is 5.94. The molecule has 0 heterocycles. The monoisotopic (exact) mass is 318 g/mol. The smallest absolute Gasteiger partial charge is 0.220 e. The standard InChI is InChI=1S/C16H30N2O2.ClH/c1-3-20-14-11-13(16(14)9-5-4-6-10-16)18-15(19)8-7-12(2)17;/h12-14H,3-11,17H2,1-2H3,(H,18,19);1H. The summed E-state index contributed by atoms with van der Waals surface area (Å²) in [6.07, 6.45) is 8.93. The molecule has 21 heavy (non-hydrogen) atoms. The highest BCUT2D eigenvalue weighted by Gasteiger charge is 2.55. The van der Waals surface area contributed by atoms with E-state index in [9.17, 15) is 4.79 Å². The number of amides is 1. The van der Waals surface area contributed by atoms with E-state index >= 15 is 0 Å². The molecule has 3 N–H and O–H groups in total. The Bertz CT molecular complexity index is 330. The molecule has 0 aromatic heterocycles. The highest BCUT2D eigenvalue weighted by Crippen LogP contribution is 2.53. The van der Waals surface area contributed by atoms with E-state index in [0.29, 0.717) is 18.6 Å². The van der Waals surface area contributed by atoms with Gasteiger partial charge >= 0.3 is 0 Å². The fourth-order valence-electron chi connectivity index (χ4n) is 3.89. The zero-order valence-electron chi connectivity index (χ0n) is 13.4. The fourth-order valence-corrected chi connectivity index (χ4v) is 3.89. The number of halogens is 1. The Balaban J connectivity index is 0.00000220. The lowest BCUT2D eigenvalue weighted by Gasteiger charge is -2.57. The van der Waals surface area contributed by atoms with Gasteiger partial charge in [-0.3, -0.25) is 4.79 Å². The van der Waals surface area contributed by atoms with Gasteiger partial charge in [-0.2, -0.15) is 0 Å². The third kappa shape index (κ3) is 4.33. The summed E-state index contributed by atoms with van der Waals surface area (Å²) in [4.78, 5) is 12.0. The maximum absolute atomic E-state index is 12.0. The molecule has 2 aliphatic rings. The zero-order valence-corrected chi connectivity index (χ0v) is 14.2. The average molecular weight is 319 g/mol. The quantitative estimate of drug-likeness (QED) is 0.791. The highest BCUT2D eigenvalue weighted by atomic mass is 35.5. The Labute approximate surface area is 135 Å². The van der Waals surface area contributed by atoms with Crippen LogP contribution in [0.3, 0.4) is 0 Å². The highest BCUT2D eigenvalue weighted by molar-refractivity contribution is 5.85. The van der Waals surface area contributed by atoms with Crippen molar-refractivity contribution in [3.05, 3.63) is 0 Å². The van der Waals surface area contributed by atoms with Gasteiger partial charge < -0.3 is 15.8 Å². The average Bonchev–Trinajstić information content (AvgIpc) is 2.45. The number of hydrogen-bond donors (Lipinski definition) is 2. The minimum atomic E-state index is 0. The summed E-state index contributed by atoms with van der Waals surface area (Å²) < 4.78 is 5.91. The topological polar surface area (TPSA) is 64.3 Å². The van der Waals surface area contributed by atoms with Crippen LogP contribution in [-0.4, -0.2) is 30.7 Å². The van der Waals surface area contributed by atoms with Gasteiger partial charge in [-0.1, -0.05) is 19.3 Å². The Morgan fingerprint density at radius 3 is 2.62 bits per heavy atom. The summed E-state index contributed by atoms with van der Waals surface area (Å²) in [5, 5.41) is 3.25. The first-order valence-corrected chi connectivity index (χ1v) is 8.25. The molecular weight excluding hydrogens is 288 g/mol. The molecule has 0 aromatic rings. The van der Waals surface area contributed by atoms with Crippen molar-refractivity contribution in [3.63, 3.8) is 0 Å². The lowest BCUT2D eigenvalue weighted by Crippen LogP contribution is -2.65. The molecule has 2 saturated carbocycles. The number of carbonyl (C=O) groups is 1. The van der Waals surface area contributed by atoms with E-state index in [0.717, 1.165) is 19.4 Å². The Morgan fingerprint density at radius 1 is 1.38 bits per heavy atom. The first-order chi connectivity index (χ1) is 9.58. The summed E-state index contributed by atoms with van der Waals surface area (Å²) in [6.45, 7) is 4.78. The van der Waals surface area contributed by atoms with E-state index in [1.54, 1.807) is 0 Å². The molecule has 0 aliphatic heterocycles. The predicted octanol–water partition coefficient (Wildman–Crippen LogP) is 2.78. The van der Waals surface area contributed by atoms with Crippen LogP contribution < -0.4 is 11.1 Å². The summed E-state index contributed by atoms with van der Waals surface area (Å²) >= 11 is 0. The van der Waals surface area contributed by atoms with E-state index in [1.807, 2.05) is 6.92 Å². The van der Waals surface area contributed by atoms with Gasteiger partial charge in [0.05, 0.1) is 6.10 Å². The van der Waals surface area contributed by atoms with Crippen LogP contribution in [-0.2, 0) is 9.53 Å². The molecule has 1 amide bonds. The van der Waals surface area contributed by atoms with Crippen LogP contribution in [0.15, 0.2) is 0 Å². The third-order valence-corrected chi connectivity index (χ3v) is 5.10. The molecule has 124 valence electrons. The van der Waals surface area contributed by atoms with E-state index in [-0.39, 0.29) is 29.8 Å². The van der Waals surface area contributed by atoms with Crippen molar-refractivity contribution in [2.75, 3.05) is 6.61 Å². The SMILES string of the molecule is CCOC1CC(NC(=O)CCC(C)N)C12CCCCC2.Cl. The molecule has 2 rings (SSSR count). The largest absolute Gasteiger partial charge is 0.378 e. The number of nitrogens with one attached hydrogen (secondary N) is 1. The van der Waals surface area contributed by atoms with Crippen LogP contribution in [0.2, 0.25) is 0 Å². The first kappa shape index (κ1) is 18.7. The second kappa shape index (κ2) is 8.35. The molecule has 0 aromatic carbocycles. The normalized spacial score (nSPS) is 28.3. The van der Waals surface area contributed by atoms with Crippen LogP contribution in [0.4, 0.5) is 0 Å². The maximum atomic E-state index is 12.0. The zero-order chi connectivity index (χ0) is 14.6. The molecule has 0 bridgehead atoms. The minimum absolute atomic E-state index is 0. The number of nitrogens with two attached hydrogens (primary N) is 1. The van der Waals surface area contributed by atoms with Gasteiger partial charge in [0.2, 0.25) is 5.91 Å². The fraction of sp³-hybridized carbons (Fsp3) is 0.938. The first-order valence-electron chi connectivity index (χ1n) is 8.25. The Hall–Kier alpha value is -0.320. The predicted molar refractivity (Wildman–Crippen MR) is 87.6 cm³/mol. The molecule has 0 saturated heterocycles. The second-order valence-corrected chi connectivity index (χ2v) is 6.61. The van der Waals surface area contributed by atoms with Gasteiger partial charge in [-0.05, 0) is 39.5 Å². The van der Waals surface area contributed by atoms with Crippen LogP contribution >= 0.6 is 12.4 Å². The van der Waals surface area contributed by atoms with E-state index in [4.69, 9.17) is 10.5 Å². The van der Waals surface area contributed by atoms with Crippen LogP contribution in [0.1, 0.15) is 65.2 Å². The molecule has 4 nitrogen and oxygen atoms in total. The molecule has 2 aliphatic carbocycles. The lowest BCUT2D eigenvalue weighted by atomic mass is 9.55. The van der Waals surface area contributed by atoms with Crippen LogP contribution in [0.25, 0.3) is 0 Å². The third-order valence-electron chi connectivity index (χ3n) is 5.10. The van der Waals surface area contributed by atoms with Crippen molar-refractivity contribution < 1.29 is 9.53 Å². The maximum Gasteiger partial charge on any atom is 0.220 e. The van der Waals surface area contributed by atoms with Crippen LogP contribution in [0.5, 0.6) is 0 Å². The van der Waals surface area contributed by atoms with E-state index < -0.39 is 0 Å². The van der Waals surface area contributed by atoms with Crippen molar-refractivity contribution in [2.24, 2.45) is 11.1 Å². The van der Waals surface area contributed by atoms with Crippen molar-refractivity contribution in [2.45, 2.75) is 83.4 Å². The van der Waals surface area contributed by atoms with Crippen molar-refractivity contribution in [1.82, 2.24) is 5.32 Å². The van der Waals surface area contributed by atoms with Crippen molar-refractivity contribution >= 4 is 18.3 Å². The summed E-state index contributed by atoms with van der Waals surface area (Å²) in [7, 11) is 0. The number of carbonyl (C=O) groups excluding carboxylic acids is 1. The summed E-state index contributed by atoms with van der Waals surface area (Å²) in [6, 6.07) is 0.418. The lowest BCUT2D eigenvalue weighted by molar-refractivity contribution is -0.157. The van der Waals surface area contributed by atoms with E-state index in [1.165, 1.54) is 32.1 Å². The van der Waals surface area contributed by atoms with Gasteiger partial charge in [0.1, 0.15) is 0 Å². The Kier molecular flexibility index (Phi) is 7.45. The number of ether oxygens (including phenoxy) is 1. The Morgan fingerprint density at radius 2 is 2.05 bits per heavy atom. The molecule has 2 fully saturated rings. The van der Waals surface area contributed by atoms with Gasteiger partial charge in [0, 0.05) is 30.5 Å². The number of rotatable bonds is 6. The van der Waals surface area contributed by atoms with Crippen LogP contribution in [0, 0.1) is 5.41 Å². The summed E-state index contributed by atoms with van der Waals surface area (Å²) in [5.74, 6) is 0.159. The number of hydrogen-bond acceptors (Lipinski definition) is 3. The van der Waals surface area contributed by atoms with Crippen molar-refractivity contribution in [3.8, 4) is 0 Å². The van der Waals surface area contributed by atoms with Crippen molar-refractivity contribution in [1.29, 1.82) is 0 Å². The molecule has 3 unspecified atom stereocenters. The second-order valence-electron chi connectivity index (χ2n) is 6.61. The molecule has 3 atom stereocenters. The van der Waals surface area contributed by atoms with Gasteiger partial charge in [-0.15, -0.1) is 12.4 Å². The minimum Gasteiger partial charge on any atom is -0.378 e. The van der Waals surface area contributed by atoms with Gasteiger partial charge in [-0.25, -0.2) is 0 Å². The molecule has 0 radical (unpaired) electrons. The molecular formula is C16H31ClN2O2. The molecule has 1 spiro atoms.